The van der Waals surface area contributed by atoms with Crippen LogP contribution in [0.5, 0.6) is 5.75 Å². The highest BCUT2D eigenvalue weighted by Gasteiger charge is 2.36. The molecule has 1 saturated heterocycles. The maximum atomic E-state index is 12.8. The van der Waals surface area contributed by atoms with Crippen molar-refractivity contribution >= 4 is 5.91 Å². The predicted octanol–water partition coefficient (Wildman–Crippen LogP) is 2.09. The molecule has 1 atom stereocenters. The average molecular weight is 281 g/mol. The molecule has 0 aliphatic carbocycles. The van der Waals surface area contributed by atoms with E-state index in [1.807, 2.05) is 0 Å². The molecule has 1 heterocycles. The highest BCUT2D eigenvalue weighted by molar-refractivity contribution is 5.80. The molecule has 0 bridgehead atoms. The van der Waals surface area contributed by atoms with Crippen molar-refractivity contribution in [1.29, 1.82) is 0 Å². The Hall–Kier alpha value is -1.62. The predicted molar refractivity (Wildman–Crippen MR) is 73.1 cm³/mol. The number of ether oxygens (including phenoxy) is 2. The van der Waals surface area contributed by atoms with Gasteiger partial charge in [-0.3, -0.25) is 4.79 Å². The molecule has 1 aromatic rings. The molecule has 4 nitrogen and oxygen atoms in total. The van der Waals surface area contributed by atoms with E-state index in [0.29, 0.717) is 25.5 Å². The van der Waals surface area contributed by atoms with Gasteiger partial charge in [0.15, 0.2) is 6.10 Å². The highest BCUT2D eigenvalue weighted by Crippen LogP contribution is 2.27. The van der Waals surface area contributed by atoms with E-state index in [4.69, 9.17) is 9.47 Å². The van der Waals surface area contributed by atoms with Crippen LogP contribution >= 0.6 is 0 Å². The molecule has 1 amide bonds. The van der Waals surface area contributed by atoms with Crippen LogP contribution < -0.4 is 4.74 Å². The van der Waals surface area contributed by atoms with E-state index in [2.05, 4.69) is 6.92 Å². The van der Waals surface area contributed by atoms with Gasteiger partial charge in [0.2, 0.25) is 0 Å². The third-order valence-corrected chi connectivity index (χ3v) is 3.37. The molecule has 1 fully saturated rings. The van der Waals surface area contributed by atoms with Crippen molar-refractivity contribution in [2.45, 2.75) is 20.0 Å². The van der Waals surface area contributed by atoms with Crippen LogP contribution in [0.2, 0.25) is 0 Å². The first kappa shape index (κ1) is 14.8. The van der Waals surface area contributed by atoms with Crippen LogP contribution in [0.15, 0.2) is 24.3 Å². The normalized spacial score (nSPS) is 18.0. The summed E-state index contributed by atoms with van der Waals surface area (Å²) in [5.74, 6) is 0.0626. The summed E-state index contributed by atoms with van der Waals surface area (Å²) in [4.78, 5) is 13.9. The lowest BCUT2D eigenvalue weighted by molar-refractivity contribution is -0.147. The third-order valence-electron chi connectivity index (χ3n) is 3.37. The van der Waals surface area contributed by atoms with Crippen LogP contribution in [0, 0.1) is 11.2 Å². The number of benzene rings is 1. The van der Waals surface area contributed by atoms with Crippen LogP contribution in [0.1, 0.15) is 13.8 Å². The minimum atomic E-state index is -0.602. The minimum Gasteiger partial charge on any atom is -0.481 e. The van der Waals surface area contributed by atoms with Gasteiger partial charge in [-0.05, 0) is 31.2 Å². The Bertz CT molecular complexity index is 471. The third kappa shape index (κ3) is 3.48. The molecule has 1 aromatic carbocycles. The lowest BCUT2D eigenvalue weighted by atomic mass is 9.88. The second kappa shape index (κ2) is 5.79. The first-order chi connectivity index (χ1) is 9.39. The van der Waals surface area contributed by atoms with Crippen molar-refractivity contribution in [3.05, 3.63) is 30.1 Å². The summed E-state index contributed by atoms with van der Waals surface area (Å²) in [5.41, 5.74) is 0.0417. The van der Waals surface area contributed by atoms with Crippen LogP contribution in [0.25, 0.3) is 0 Å². The number of nitrogens with zero attached hydrogens (tertiary/aromatic N) is 1. The molecule has 0 radical (unpaired) electrons. The van der Waals surface area contributed by atoms with Gasteiger partial charge in [-0.15, -0.1) is 0 Å². The first-order valence-electron chi connectivity index (χ1n) is 6.65. The zero-order valence-electron chi connectivity index (χ0n) is 12.1. The Labute approximate surface area is 118 Å². The van der Waals surface area contributed by atoms with Crippen molar-refractivity contribution in [2.24, 2.45) is 5.41 Å². The molecule has 5 heteroatoms. The molecule has 20 heavy (non-hydrogen) atoms. The molecule has 0 saturated carbocycles. The van der Waals surface area contributed by atoms with Crippen molar-refractivity contribution in [1.82, 2.24) is 4.90 Å². The molecular formula is C15H20FNO3. The summed E-state index contributed by atoms with van der Waals surface area (Å²) in [5, 5.41) is 0. The Balaban J connectivity index is 1.89. The van der Waals surface area contributed by atoms with E-state index in [-0.39, 0.29) is 17.1 Å². The molecule has 0 N–H and O–H groups in total. The minimum absolute atomic E-state index is 0.0417. The summed E-state index contributed by atoms with van der Waals surface area (Å²) >= 11 is 0. The van der Waals surface area contributed by atoms with Crippen molar-refractivity contribution < 1.29 is 18.7 Å². The molecular weight excluding hydrogens is 261 g/mol. The van der Waals surface area contributed by atoms with Gasteiger partial charge in [0.25, 0.3) is 5.91 Å². The molecule has 110 valence electrons. The van der Waals surface area contributed by atoms with Gasteiger partial charge in [0, 0.05) is 19.0 Å². The molecule has 0 aromatic heterocycles. The number of carbonyl (C=O) groups is 1. The Kier molecular flexibility index (Phi) is 4.28. The van der Waals surface area contributed by atoms with Gasteiger partial charge >= 0.3 is 0 Å². The summed E-state index contributed by atoms with van der Waals surface area (Å²) in [6.07, 6.45) is -0.602. The number of halogens is 1. The van der Waals surface area contributed by atoms with E-state index in [1.54, 1.807) is 18.9 Å². The lowest BCUT2D eigenvalue weighted by Crippen LogP contribution is -2.51. The first-order valence-corrected chi connectivity index (χ1v) is 6.65. The molecule has 1 unspecified atom stereocenters. The Morgan fingerprint density at radius 2 is 2.05 bits per heavy atom. The second-order valence-electron chi connectivity index (χ2n) is 5.71. The largest absolute Gasteiger partial charge is 0.481 e. The number of hydrogen-bond acceptors (Lipinski definition) is 3. The number of likely N-dealkylation sites (N-methyl/N-ethyl adjacent to an activating group) is 1. The van der Waals surface area contributed by atoms with Crippen LogP contribution in [-0.4, -0.2) is 43.7 Å². The van der Waals surface area contributed by atoms with E-state index >= 15 is 0 Å². The highest BCUT2D eigenvalue weighted by atomic mass is 19.1. The average Bonchev–Trinajstić information content (AvgIpc) is 2.38. The van der Waals surface area contributed by atoms with Crippen molar-refractivity contribution in [3.63, 3.8) is 0 Å². The van der Waals surface area contributed by atoms with Crippen LogP contribution in [-0.2, 0) is 9.53 Å². The Morgan fingerprint density at radius 1 is 1.45 bits per heavy atom. The fraction of sp³-hybridized carbons (Fsp3) is 0.533. The topological polar surface area (TPSA) is 38.8 Å². The van der Waals surface area contributed by atoms with Gasteiger partial charge in [0.1, 0.15) is 11.6 Å². The summed E-state index contributed by atoms with van der Waals surface area (Å²) in [6, 6.07) is 5.65. The maximum Gasteiger partial charge on any atom is 0.263 e. The van der Waals surface area contributed by atoms with E-state index in [1.165, 1.54) is 24.3 Å². The van der Waals surface area contributed by atoms with Gasteiger partial charge in [-0.1, -0.05) is 6.92 Å². The fourth-order valence-electron chi connectivity index (χ4n) is 2.27. The SMILES string of the molecule is CC(Oc1ccc(F)cc1)C(=O)N(C)CC1(C)COC1. The fourth-order valence-corrected chi connectivity index (χ4v) is 2.27. The maximum absolute atomic E-state index is 12.8. The second-order valence-corrected chi connectivity index (χ2v) is 5.71. The monoisotopic (exact) mass is 281 g/mol. The lowest BCUT2D eigenvalue weighted by Gasteiger charge is -2.41. The Morgan fingerprint density at radius 3 is 2.55 bits per heavy atom. The quantitative estimate of drug-likeness (QED) is 0.829. The van der Waals surface area contributed by atoms with E-state index < -0.39 is 6.10 Å². The van der Waals surface area contributed by atoms with Crippen molar-refractivity contribution in [3.8, 4) is 5.75 Å². The van der Waals surface area contributed by atoms with Gasteiger partial charge in [0.05, 0.1) is 13.2 Å². The van der Waals surface area contributed by atoms with Crippen LogP contribution in [0.4, 0.5) is 4.39 Å². The summed E-state index contributed by atoms with van der Waals surface area (Å²) in [7, 11) is 1.76. The molecule has 1 aliphatic rings. The standard InChI is InChI=1S/C15H20FNO3/c1-11(20-13-6-4-12(16)5-7-13)14(18)17(3)8-15(2)9-19-10-15/h4-7,11H,8-10H2,1-3H3. The van der Waals surface area contributed by atoms with E-state index in [0.717, 1.165) is 0 Å². The van der Waals surface area contributed by atoms with Crippen LogP contribution in [0.3, 0.4) is 0 Å². The number of amides is 1. The summed E-state index contributed by atoms with van der Waals surface area (Å²) < 4.78 is 23.5. The van der Waals surface area contributed by atoms with Gasteiger partial charge < -0.3 is 14.4 Å². The number of hydrogen-bond donors (Lipinski definition) is 0. The number of carbonyl (C=O) groups excluding carboxylic acids is 1. The summed E-state index contributed by atoms with van der Waals surface area (Å²) in [6.45, 7) is 5.78. The van der Waals surface area contributed by atoms with Gasteiger partial charge in [-0.25, -0.2) is 4.39 Å². The van der Waals surface area contributed by atoms with Crippen molar-refractivity contribution in [2.75, 3.05) is 26.8 Å². The smallest absolute Gasteiger partial charge is 0.263 e. The zero-order chi connectivity index (χ0) is 14.8. The molecule has 1 aliphatic heterocycles. The van der Waals surface area contributed by atoms with E-state index in [9.17, 15) is 9.18 Å². The zero-order valence-corrected chi connectivity index (χ0v) is 12.1. The van der Waals surface area contributed by atoms with Gasteiger partial charge in [-0.2, -0.15) is 0 Å². The molecule has 0 spiro atoms. The number of rotatable bonds is 5. The molecule has 2 rings (SSSR count).